The highest BCUT2D eigenvalue weighted by Gasteiger charge is 2.36. The molecule has 0 N–H and O–H groups in total. The molecule has 2 saturated heterocycles. The summed E-state index contributed by atoms with van der Waals surface area (Å²) in [5.74, 6) is 0.319. The summed E-state index contributed by atoms with van der Waals surface area (Å²) in [5, 5.41) is 0.767. The van der Waals surface area contributed by atoms with Crippen molar-refractivity contribution in [3.63, 3.8) is 0 Å². The van der Waals surface area contributed by atoms with Crippen molar-refractivity contribution in [2.45, 2.75) is 57.5 Å². The Labute approximate surface area is 144 Å². The average molecular weight is 335 g/mol. The summed E-state index contributed by atoms with van der Waals surface area (Å²) in [7, 11) is 0. The van der Waals surface area contributed by atoms with Crippen LogP contribution < -0.4 is 0 Å². The standard InChI is InChI=1S/C19H27ClN2O/c1-15-5-2-3-12-22(15)18-13-21(14-18)19(23)7-4-6-16-8-10-17(20)11-9-16/h8-11,15,18H,2-7,12-14H2,1H3/t15-/m0/s1. The van der Waals surface area contributed by atoms with Gasteiger partial charge in [0.2, 0.25) is 5.91 Å². The van der Waals surface area contributed by atoms with Crippen LogP contribution in [0.15, 0.2) is 24.3 Å². The molecule has 2 heterocycles. The lowest BCUT2D eigenvalue weighted by atomic mass is 9.97. The van der Waals surface area contributed by atoms with Gasteiger partial charge in [-0.25, -0.2) is 0 Å². The highest BCUT2D eigenvalue weighted by Crippen LogP contribution is 2.25. The molecule has 1 aromatic rings. The van der Waals surface area contributed by atoms with Crippen LogP contribution in [0.5, 0.6) is 0 Å². The van der Waals surface area contributed by atoms with Gasteiger partial charge in [-0.2, -0.15) is 0 Å². The van der Waals surface area contributed by atoms with E-state index in [0.29, 0.717) is 24.4 Å². The van der Waals surface area contributed by atoms with Gasteiger partial charge in [-0.05, 0) is 56.8 Å². The van der Waals surface area contributed by atoms with Crippen LogP contribution in [-0.4, -0.2) is 47.4 Å². The molecule has 0 aromatic heterocycles. The lowest BCUT2D eigenvalue weighted by Gasteiger charge is -2.49. The van der Waals surface area contributed by atoms with Crippen LogP contribution in [-0.2, 0) is 11.2 Å². The minimum atomic E-state index is 0.319. The van der Waals surface area contributed by atoms with E-state index in [4.69, 9.17) is 11.6 Å². The summed E-state index contributed by atoms with van der Waals surface area (Å²) in [6.07, 6.45) is 6.51. The number of piperidine rings is 1. The minimum absolute atomic E-state index is 0.319. The normalized spacial score (nSPS) is 22.9. The van der Waals surface area contributed by atoms with Crippen LogP contribution in [0.4, 0.5) is 0 Å². The topological polar surface area (TPSA) is 23.6 Å². The molecule has 126 valence electrons. The molecular formula is C19H27ClN2O. The predicted molar refractivity (Wildman–Crippen MR) is 94.8 cm³/mol. The number of carbonyl (C=O) groups excluding carboxylic acids is 1. The van der Waals surface area contributed by atoms with Crippen molar-refractivity contribution in [1.82, 2.24) is 9.80 Å². The van der Waals surface area contributed by atoms with Gasteiger partial charge in [0, 0.05) is 36.6 Å². The van der Waals surface area contributed by atoms with E-state index in [1.807, 2.05) is 29.2 Å². The molecule has 0 bridgehead atoms. The number of benzene rings is 1. The van der Waals surface area contributed by atoms with Crippen molar-refractivity contribution >= 4 is 17.5 Å². The Morgan fingerprint density at radius 3 is 2.65 bits per heavy atom. The number of aryl methyl sites for hydroxylation is 1. The summed E-state index contributed by atoms with van der Waals surface area (Å²) in [4.78, 5) is 16.9. The SMILES string of the molecule is C[C@H]1CCCCN1C1CN(C(=O)CCCc2ccc(Cl)cc2)C1. The maximum Gasteiger partial charge on any atom is 0.222 e. The van der Waals surface area contributed by atoms with Crippen molar-refractivity contribution < 1.29 is 4.79 Å². The molecule has 0 aliphatic carbocycles. The van der Waals surface area contributed by atoms with Crippen LogP contribution in [0.3, 0.4) is 0 Å². The molecule has 3 nitrogen and oxygen atoms in total. The Kier molecular flexibility index (Phi) is 5.60. The molecule has 2 fully saturated rings. The summed E-state index contributed by atoms with van der Waals surface area (Å²) in [6.45, 7) is 5.41. The monoisotopic (exact) mass is 334 g/mol. The highest BCUT2D eigenvalue weighted by atomic mass is 35.5. The van der Waals surface area contributed by atoms with Gasteiger partial charge < -0.3 is 4.90 Å². The maximum absolute atomic E-state index is 12.3. The van der Waals surface area contributed by atoms with Gasteiger partial charge in [0.15, 0.2) is 0 Å². The summed E-state index contributed by atoms with van der Waals surface area (Å²) >= 11 is 5.89. The second kappa shape index (κ2) is 7.67. The van der Waals surface area contributed by atoms with Gasteiger partial charge in [0.05, 0.1) is 0 Å². The number of nitrogens with zero attached hydrogens (tertiary/aromatic N) is 2. The summed E-state index contributed by atoms with van der Waals surface area (Å²) in [6, 6.07) is 9.22. The largest absolute Gasteiger partial charge is 0.339 e. The van der Waals surface area contributed by atoms with E-state index in [0.717, 1.165) is 31.0 Å². The molecule has 0 radical (unpaired) electrons. The Morgan fingerprint density at radius 1 is 1.22 bits per heavy atom. The van der Waals surface area contributed by atoms with E-state index < -0.39 is 0 Å². The first kappa shape index (κ1) is 16.8. The van der Waals surface area contributed by atoms with E-state index in [-0.39, 0.29) is 0 Å². The van der Waals surface area contributed by atoms with Crippen molar-refractivity contribution in [3.05, 3.63) is 34.9 Å². The average Bonchev–Trinajstić information content (AvgIpc) is 2.50. The van der Waals surface area contributed by atoms with E-state index in [1.165, 1.54) is 31.4 Å². The third-order valence-electron chi connectivity index (χ3n) is 5.31. The molecule has 4 heteroatoms. The number of hydrogen-bond donors (Lipinski definition) is 0. The molecule has 1 aromatic carbocycles. The van der Waals surface area contributed by atoms with Gasteiger partial charge in [-0.3, -0.25) is 9.69 Å². The van der Waals surface area contributed by atoms with Gasteiger partial charge in [-0.1, -0.05) is 30.2 Å². The predicted octanol–water partition coefficient (Wildman–Crippen LogP) is 3.75. The number of hydrogen-bond acceptors (Lipinski definition) is 2. The molecule has 0 unspecified atom stereocenters. The summed E-state index contributed by atoms with van der Waals surface area (Å²) < 4.78 is 0. The maximum atomic E-state index is 12.3. The third kappa shape index (κ3) is 4.27. The molecule has 3 rings (SSSR count). The Bertz CT molecular complexity index is 525. The lowest BCUT2D eigenvalue weighted by Crippen LogP contribution is -2.63. The van der Waals surface area contributed by atoms with Gasteiger partial charge in [0.1, 0.15) is 0 Å². The zero-order valence-corrected chi connectivity index (χ0v) is 14.8. The molecule has 1 atom stereocenters. The van der Waals surface area contributed by atoms with E-state index >= 15 is 0 Å². The van der Waals surface area contributed by atoms with Crippen molar-refractivity contribution in [2.24, 2.45) is 0 Å². The van der Waals surface area contributed by atoms with Crippen LogP contribution in [0, 0.1) is 0 Å². The first-order valence-electron chi connectivity index (χ1n) is 8.91. The quantitative estimate of drug-likeness (QED) is 0.818. The Hall–Kier alpha value is -1.06. The van der Waals surface area contributed by atoms with Crippen molar-refractivity contribution in [3.8, 4) is 0 Å². The van der Waals surface area contributed by atoms with Crippen molar-refractivity contribution in [1.29, 1.82) is 0 Å². The number of likely N-dealkylation sites (tertiary alicyclic amines) is 2. The van der Waals surface area contributed by atoms with Gasteiger partial charge >= 0.3 is 0 Å². The fourth-order valence-electron chi connectivity index (χ4n) is 3.78. The van der Waals surface area contributed by atoms with Crippen molar-refractivity contribution in [2.75, 3.05) is 19.6 Å². The molecule has 0 spiro atoms. The molecule has 2 aliphatic heterocycles. The second-order valence-corrected chi connectivity index (χ2v) is 7.45. The summed E-state index contributed by atoms with van der Waals surface area (Å²) in [5.41, 5.74) is 1.26. The molecule has 23 heavy (non-hydrogen) atoms. The van der Waals surface area contributed by atoms with E-state index in [2.05, 4.69) is 11.8 Å². The fraction of sp³-hybridized carbons (Fsp3) is 0.632. The first-order chi connectivity index (χ1) is 11.1. The van der Waals surface area contributed by atoms with Crippen LogP contribution in [0.1, 0.15) is 44.6 Å². The Morgan fingerprint density at radius 2 is 1.96 bits per heavy atom. The van der Waals surface area contributed by atoms with E-state index in [1.54, 1.807) is 0 Å². The molecule has 2 aliphatic rings. The number of rotatable bonds is 5. The smallest absolute Gasteiger partial charge is 0.222 e. The first-order valence-corrected chi connectivity index (χ1v) is 9.29. The van der Waals surface area contributed by atoms with Crippen LogP contribution in [0.2, 0.25) is 5.02 Å². The number of amides is 1. The zero-order valence-electron chi connectivity index (χ0n) is 14.0. The Balaban J connectivity index is 1.36. The van der Waals surface area contributed by atoms with Gasteiger partial charge in [0.25, 0.3) is 0 Å². The van der Waals surface area contributed by atoms with E-state index in [9.17, 15) is 4.79 Å². The molecule has 1 amide bonds. The molecular weight excluding hydrogens is 308 g/mol. The number of carbonyl (C=O) groups is 1. The zero-order chi connectivity index (χ0) is 16.2. The van der Waals surface area contributed by atoms with Crippen LogP contribution >= 0.6 is 11.6 Å². The van der Waals surface area contributed by atoms with Crippen LogP contribution in [0.25, 0.3) is 0 Å². The second-order valence-electron chi connectivity index (χ2n) is 7.02. The van der Waals surface area contributed by atoms with Gasteiger partial charge in [-0.15, -0.1) is 0 Å². The molecule has 0 saturated carbocycles. The lowest BCUT2D eigenvalue weighted by molar-refractivity contribution is -0.139. The highest BCUT2D eigenvalue weighted by molar-refractivity contribution is 6.30. The minimum Gasteiger partial charge on any atom is -0.339 e. The number of halogens is 1. The fourth-order valence-corrected chi connectivity index (χ4v) is 3.91. The third-order valence-corrected chi connectivity index (χ3v) is 5.56.